The summed E-state index contributed by atoms with van der Waals surface area (Å²) >= 11 is 0. The van der Waals surface area contributed by atoms with Crippen molar-refractivity contribution >= 4 is 12.1 Å². The van der Waals surface area contributed by atoms with Crippen molar-refractivity contribution in [2.45, 2.75) is 62.7 Å². The molecule has 0 bridgehead atoms. The van der Waals surface area contributed by atoms with Crippen LogP contribution in [0.15, 0.2) is 18.2 Å². The van der Waals surface area contributed by atoms with Crippen LogP contribution in [0.3, 0.4) is 0 Å². The number of nitrogens with one attached hydrogen (secondary N) is 2. The van der Waals surface area contributed by atoms with Gasteiger partial charge in [-0.3, -0.25) is 0 Å². The van der Waals surface area contributed by atoms with Crippen molar-refractivity contribution < 1.29 is 37.0 Å². The zero-order chi connectivity index (χ0) is 24.7. The van der Waals surface area contributed by atoms with Gasteiger partial charge in [-0.2, -0.15) is 0 Å². The maximum atomic E-state index is 14.3. The SMILES string of the molecule is CNC(=O)N1C[C@H](N(C(=O)NCc2ccc(OC(F)(F)F)cc2F)C2CC2)C[C@H](C2(O)CC2)C1. The van der Waals surface area contributed by atoms with E-state index in [-0.39, 0.29) is 36.1 Å². The van der Waals surface area contributed by atoms with E-state index >= 15 is 0 Å². The summed E-state index contributed by atoms with van der Waals surface area (Å²) in [5, 5.41) is 15.9. The van der Waals surface area contributed by atoms with Gasteiger partial charge in [-0.25, -0.2) is 14.0 Å². The van der Waals surface area contributed by atoms with E-state index in [1.54, 1.807) is 9.80 Å². The molecule has 2 saturated carbocycles. The Bertz CT molecular complexity index is 936. The third kappa shape index (κ3) is 5.65. The molecule has 8 nitrogen and oxygen atoms in total. The first kappa shape index (κ1) is 24.4. The summed E-state index contributed by atoms with van der Waals surface area (Å²) in [5.74, 6) is -1.77. The van der Waals surface area contributed by atoms with Crippen LogP contribution < -0.4 is 15.4 Å². The molecule has 3 fully saturated rings. The second-order valence-corrected chi connectivity index (χ2v) is 9.25. The van der Waals surface area contributed by atoms with Crippen LogP contribution in [0.1, 0.15) is 37.7 Å². The van der Waals surface area contributed by atoms with E-state index in [1.165, 1.54) is 7.05 Å². The van der Waals surface area contributed by atoms with Gasteiger partial charge in [0.1, 0.15) is 11.6 Å². The molecule has 34 heavy (non-hydrogen) atoms. The Labute approximate surface area is 194 Å². The highest BCUT2D eigenvalue weighted by atomic mass is 19.4. The highest BCUT2D eigenvalue weighted by molar-refractivity contribution is 5.76. The summed E-state index contributed by atoms with van der Waals surface area (Å²) in [5.41, 5.74) is -0.806. The lowest BCUT2D eigenvalue weighted by Gasteiger charge is -2.44. The number of amides is 4. The van der Waals surface area contributed by atoms with Crippen LogP contribution in [0.2, 0.25) is 0 Å². The van der Waals surface area contributed by atoms with Crippen molar-refractivity contribution in [2.75, 3.05) is 20.1 Å². The second kappa shape index (κ2) is 9.12. The van der Waals surface area contributed by atoms with Gasteiger partial charge in [-0.1, -0.05) is 6.07 Å². The molecule has 188 valence electrons. The lowest BCUT2D eigenvalue weighted by atomic mass is 9.87. The molecule has 3 aliphatic rings. The van der Waals surface area contributed by atoms with Gasteiger partial charge in [0.05, 0.1) is 11.6 Å². The quantitative estimate of drug-likeness (QED) is 0.537. The summed E-state index contributed by atoms with van der Waals surface area (Å²) in [6.07, 6.45) is -1.45. The minimum atomic E-state index is -4.93. The Morgan fingerprint density at radius 3 is 2.50 bits per heavy atom. The number of nitrogens with zero attached hydrogens (tertiary/aromatic N) is 2. The van der Waals surface area contributed by atoms with Gasteiger partial charge in [0.15, 0.2) is 0 Å². The van der Waals surface area contributed by atoms with E-state index in [4.69, 9.17) is 0 Å². The van der Waals surface area contributed by atoms with Crippen LogP contribution in [0.25, 0.3) is 0 Å². The maximum Gasteiger partial charge on any atom is 0.573 e. The molecule has 2 atom stereocenters. The van der Waals surface area contributed by atoms with Crippen molar-refractivity contribution in [2.24, 2.45) is 5.92 Å². The number of aliphatic hydroxyl groups is 1. The number of urea groups is 2. The Morgan fingerprint density at radius 1 is 1.24 bits per heavy atom. The Kier molecular flexibility index (Phi) is 6.54. The largest absolute Gasteiger partial charge is 0.573 e. The average molecular weight is 488 g/mol. The van der Waals surface area contributed by atoms with Crippen molar-refractivity contribution in [3.8, 4) is 5.75 Å². The fraction of sp³-hybridized carbons (Fsp3) is 0.636. The number of hydrogen-bond donors (Lipinski definition) is 3. The Hall–Kier alpha value is -2.76. The Balaban J connectivity index is 1.44. The molecule has 1 heterocycles. The van der Waals surface area contributed by atoms with Gasteiger partial charge in [0.25, 0.3) is 0 Å². The molecule has 12 heteroatoms. The molecule has 2 aliphatic carbocycles. The molecule has 1 saturated heterocycles. The van der Waals surface area contributed by atoms with Gasteiger partial charge in [-0.15, -0.1) is 13.2 Å². The number of benzene rings is 1. The number of rotatable bonds is 6. The standard InChI is InChI=1S/C22H28F4N4O4/c1-27-19(31)29-11-14(21(33)6-7-21)8-16(12-29)30(15-3-4-15)20(32)28-10-13-2-5-17(9-18(13)23)34-22(24,25)26/h2,5,9,14-16,33H,3-4,6-8,10-12H2,1H3,(H,27,31)(H,28,32)/t14-,16+/m0/s1. The number of ether oxygens (including phenoxy) is 1. The molecule has 1 aromatic rings. The third-order valence-electron chi connectivity index (χ3n) is 6.71. The molecule has 0 aromatic heterocycles. The van der Waals surface area contributed by atoms with Crippen LogP contribution >= 0.6 is 0 Å². The van der Waals surface area contributed by atoms with Gasteiger partial charge in [-0.05, 0) is 38.2 Å². The summed E-state index contributed by atoms with van der Waals surface area (Å²) in [4.78, 5) is 28.7. The number of halogens is 4. The minimum absolute atomic E-state index is 0.0134. The van der Waals surface area contributed by atoms with Crippen molar-refractivity contribution in [3.63, 3.8) is 0 Å². The zero-order valence-corrected chi connectivity index (χ0v) is 18.7. The predicted octanol–water partition coefficient (Wildman–Crippen LogP) is 2.95. The number of piperidine rings is 1. The normalized spacial score (nSPS) is 23.8. The number of likely N-dealkylation sites (tertiary alicyclic amines) is 1. The summed E-state index contributed by atoms with van der Waals surface area (Å²) in [6.45, 7) is 0.498. The van der Waals surface area contributed by atoms with E-state index in [9.17, 15) is 32.3 Å². The van der Waals surface area contributed by atoms with Crippen LogP contribution in [0.4, 0.5) is 27.2 Å². The van der Waals surface area contributed by atoms with Crippen LogP contribution in [-0.2, 0) is 6.54 Å². The average Bonchev–Trinajstić information content (AvgIpc) is 3.70. The first-order valence-electron chi connectivity index (χ1n) is 11.3. The van der Waals surface area contributed by atoms with E-state index in [1.807, 2.05) is 0 Å². The number of carbonyl (C=O) groups excluding carboxylic acids is 2. The fourth-order valence-corrected chi connectivity index (χ4v) is 4.64. The van der Waals surface area contributed by atoms with Gasteiger partial charge in [0, 0.05) is 50.3 Å². The van der Waals surface area contributed by atoms with Crippen molar-refractivity contribution in [1.29, 1.82) is 0 Å². The van der Waals surface area contributed by atoms with E-state index < -0.39 is 29.6 Å². The smallest absolute Gasteiger partial charge is 0.406 e. The third-order valence-corrected chi connectivity index (χ3v) is 6.71. The lowest BCUT2D eigenvalue weighted by molar-refractivity contribution is -0.274. The second-order valence-electron chi connectivity index (χ2n) is 9.25. The topological polar surface area (TPSA) is 94.1 Å². The maximum absolute atomic E-state index is 14.3. The van der Waals surface area contributed by atoms with Gasteiger partial charge in [0.2, 0.25) is 0 Å². The molecule has 0 radical (unpaired) electrons. The highest BCUT2D eigenvalue weighted by Crippen LogP contribution is 2.47. The first-order chi connectivity index (χ1) is 16.0. The highest BCUT2D eigenvalue weighted by Gasteiger charge is 2.52. The number of carbonyl (C=O) groups is 2. The first-order valence-corrected chi connectivity index (χ1v) is 11.3. The van der Waals surface area contributed by atoms with Gasteiger partial charge >= 0.3 is 18.4 Å². The lowest BCUT2D eigenvalue weighted by Crippen LogP contribution is -2.59. The van der Waals surface area contributed by atoms with Crippen molar-refractivity contribution in [3.05, 3.63) is 29.6 Å². The molecule has 1 aliphatic heterocycles. The molecule has 3 N–H and O–H groups in total. The van der Waals surface area contributed by atoms with Crippen molar-refractivity contribution in [1.82, 2.24) is 20.4 Å². The fourth-order valence-electron chi connectivity index (χ4n) is 4.64. The van der Waals surface area contributed by atoms with Crippen LogP contribution in [-0.4, -0.2) is 71.2 Å². The van der Waals surface area contributed by atoms with E-state index in [0.717, 1.165) is 25.0 Å². The summed E-state index contributed by atoms with van der Waals surface area (Å²) in [6, 6.07) is 1.68. The zero-order valence-electron chi connectivity index (χ0n) is 18.7. The Morgan fingerprint density at radius 2 is 1.94 bits per heavy atom. The monoisotopic (exact) mass is 488 g/mol. The molecule has 4 rings (SSSR count). The van der Waals surface area contributed by atoms with Crippen LogP contribution in [0.5, 0.6) is 5.75 Å². The summed E-state index contributed by atoms with van der Waals surface area (Å²) < 4.78 is 55.0. The van der Waals surface area contributed by atoms with Crippen LogP contribution in [0, 0.1) is 11.7 Å². The van der Waals surface area contributed by atoms with E-state index in [2.05, 4.69) is 15.4 Å². The number of alkyl halides is 3. The number of hydrogen-bond acceptors (Lipinski definition) is 4. The van der Waals surface area contributed by atoms with E-state index in [0.29, 0.717) is 38.4 Å². The predicted molar refractivity (Wildman–Crippen MR) is 112 cm³/mol. The molecule has 0 spiro atoms. The molecule has 0 unspecified atom stereocenters. The molecule has 1 aromatic carbocycles. The minimum Gasteiger partial charge on any atom is -0.406 e. The molecular weight excluding hydrogens is 460 g/mol. The molecular formula is C22H28F4N4O4. The summed E-state index contributed by atoms with van der Waals surface area (Å²) in [7, 11) is 1.53. The van der Waals surface area contributed by atoms with Gasteiger partial charge < -0.3 is 30.3 Å². The molecule has 4 amide bonds.